The van der Waals surface area contributed by atoms with E-state index >= 15 is 0 Å². The van der Waals surface area contributed by atoms with Gasteiger partial charge in [0.15, 0.2) is 0 Å². The second-order valence-corrected chi connectivity index (χ2v) is 6.96. The van der Waals surface area contributed by atoms with Gasteiger partial charge in [0.05, 0.1) is 11.0 Å². The van der Waals surface area contributed by atoms with Crippen molar-refractivity contribution in [1.82, 2.24) is 4.72 Å². The van der Waals surface area contributed by atoms with Gasteiger partial charge in [0.25, 0.3) is 0 Å². The predicted molar refractivity (Wildman–Crippen MR) is 76.0 cm³/mol. The Hall–Kier alpha value is -0.950. The molecule has 0 aromatic heterocycles. The minimum atomic E-state index is -3.60. The molecule has 1 aromatic carbocycles. The van der Waals surface area contributed by atoms with Gasteiger partial charge in [-0.3, -0.25) is 0 Å². The summed E-state index contributed by atoms with van der Waals surface area (Å²) in [5.41, 5.74) is -0.0448. The molecule has 0 aliphatic carbocycles. The highest BCUT2D eigenvalue weighted by atomic mass is 32.2. The molecule has 0 amide bonds. The maximum absolute atomic E-state index is 12.2. The van der Waals surface area contributed by atoms with Crippen molar-refractivity contribution in [3.8, 4) is 0 Å². The lowest BCUT2D eigenvalue weighted by Crippen LogP contribution is -2.47. The Labute approximate surface area is 120 Å². The van der Waals surface area contributed by atoms with Crippen LogP contribution in [0.25, 0.3) is 0 Å². The number of hydrogen-bond acceptors (Lipinski definition) is 4. The summed E-state index contributed by atoms with van der Waals surface area (Å²) in [4.78, 5) is 0.213. The second-order valence-electron chi connectivity index (χ2n) is 5.19. The van der Waals surface area contributed by atoms with Crippen molar-refractivity contribution < 1.29 is 18.3 Å². The molecular weight excluding hydrogens is 278 g/mol. The minimum absolute atomic E-state index is 0.0357. The van der Waals surface area contributed by atoms with E-state index < -0.39 is 15.6 Å². The average Bonchev–Trinajstić information content (AvgIpc) is 2.77. The van der Waals surface area contributed by atoms with Crippen LogP contribution in [0.3, 0.4) is 0 Å². The quantitative estimate of drug-likeness (QED) is 0.852. The number of sulfonamides is 1. The third-order valence-electron chi connectivity index (χ3n) is 3.87. The molecule has 1 aromatic rings. The van der Waals surface area contributed by atoms with Gasteiger partial charge in [-0.2, -0.15) is 0 Å². The Morgan fingerprint density at radius 2 is 2.05 bits per heavy atom. The van der Waals surface area contributed by atoms with E-state index in [1.165, 1.54) is 0 Å². The molecule has 1 aliphatic rings. The second kappa shape index (κ2) is 5.81. The van der Waals surface area contributed by atoms with Gasteiger partial charge in [0.1, 0.15) is 5.60 Å². The molecule has 1 aliphatic heterocycles. The first-order valence-corrected chi connectivity index (χ1v) is 8.28. The van der Waals surface area contributed by atoms with E-state index in [2.05, 4.69) is 4.72 Å². The van der Waals surface area contributed by atoms with Crippen molar-refractivity contribution in [2.45, 2.75) is 43.3 Å². The van der Waals surface area contributed by atoms with Gasteiger partial charge in [-0.1, -0.05) is 19.1 Å². The molecule has 112 valence electrons. The Balaban J connectivity index is 2.07. The number of rotatable bonds is 5. The highest BCUT2D eigenvalue weighted by Gasteiger charge is 2.40. The summed E-state index contributed by atoms with van der Waals surface area (Å²) in [7, 11) is -3.60. The molecule has 1 fully saturated rings. The first-order valence-electron chi connectivity index (χ1n) is 6.80. The molecular formula is C14H21NO4S. The van der Waals surface area contributed by atoms with Crippen LogP contribution in [0.4, 0.5) is 0 Å². The van der Waals surface area contributed by atoms with E-state index in [1.807, 2.05) is 6.92 Å². The number of nitrogens with one attached hydrogen (secondary N) is 1. The van der Waals surface area contributed by atoms with Crippen LogP contribution in [0.1, 0.15) is 25.8 Å². The number of hydrogen-bond donors (Lipinski definition) is 2. The van der Waals surface area contributed by atoms with E-state index in [0.29, 0.717) is 13.0 Å². The molecule has 5 nitrogen and oxygen atoms in total. The van der Waals surface area contributed by atoms with Gasteiger partial charge in [0, 0.05) is 19.6 Å². The van der Waals surface area contributed by atoms with Crippen LogP contribution >= 0.6 is 0 Å². The zero-order valence-corrected chi connectivity index (χ0v) is 12.6. The summed E-state index contributed by atoms with van der Waals surface area (Å²) in [6.45, 7) is 4.17. The van der Waals surface area contributed by atoms with Crippen LogP contribution in [-0.2, 0) is 21.2 Å². The van der Waals surface area contributed by atoms with Crippen LogP contribution in [0.2, 0.25) is 0 Å². The third kappa shape index (κ3) is 3.20. The Kier molecular flexibility index (Phi) is 4.49. The monoisotopic (exact) mass is 299 g/mol. The van der Waals surface area contributed by atoms with Crippen molar-refractivity contribution in [2.24, 2.45) is 0 Å². The highest BCUT2D eigenvalue weighted by Crippen LogP contribution is 2.25. The fourth-order valence-corrected chi connectivity index (χ4v) is 3.31. The summed E-state index contributed by atoms with van der Waals surface area (Å²) in [5, 5.41) is 10.3. The van der Waals surface area contributed by atoms with Crippen LogP contribution < -0.4 is 4.72 Å². The summed E-state index contributed by atoms with van der Waals surface area (Å²) in [6.07, 6.45) is 0.932. The van der Waals surface area contributed by atoms with E-state index in [0.717, 1.165) is 12.0 Å². The molecule has 2 rings (SSSR count). The molecule has 1 heterocycles. The first-order chi connectivity index (χ1) is 9.37. The number of aliphatic hydroxyl groups is 1. The van der Waals surface area contributed by atoms with Crippen molar-refractivity contribution in [1.29, 1.82) is 0 Å². The minimum Gasteiger partial charge on any atom is -0.386 e. The fourth-order valence-electron chi connectivity index (χ4n) is 2.21. The molecule has 0 saturated carbocycles. The molecule has 0 radical (unpaired) electrons. The summed E-state index contributed by atoms with van der Waals surface area (Å²) >= 11 is 0. The van der Waals surface area contributed by atoms with Crippen LogP contribution in [0.15, 0.2) is 29.2 Å². The van der Waals surface area contributed by atoms with E-state index in [-0.39, 0.29) is 17.5 Å². The molecule has 6 heteroatoms. The summed E-state index contributed by atoms with van der Waals surface area (Å²) < 4.78 is 32.1. The molecule has 2 N–H and O–H groups in total. The van der Waals surface area contributed by atoms with Gasteiger partial charge in [0.2, 0.25) is 10.0 Å². The molecule has 1 saturated heterocycles. The first kappa shape index (κ1) is 15.4. The lowest BCUT2D eigenvalue weighted by molar-refractivity contribution is -0.0228. The molecule has 20 heavy (non-hydrogen) atoms. The van der Waals surface area contributed by atoms with Gasteiger partial charge >= 0.3 is 0 Å². The molecule has 2 unspecified atom stereocenters. The summed E-state index contributed by atoms with van der Waals surface area (Å²) in [5.74, 6) is 0. The lowest BCUT2D eigenvalue weighted by atomic mass is 9.97. The maximum Gasteiger partial charge on any atom is 0.240 e. The SMILES string of the molecule is CCc1ccc(S(=O)(=O)NCC2(O)CCOC2C)cc1. The van der Waals surface area contributed by atoms with Crippen molar-refractivity contribution in [3.63, 3.8) is 0 Å². The van der Waals surface area contributed by atoms with Crippen molar-refractivity contribution in [2.75, 3.05) is 13.2 Å². The van der Waals surface area contributed by atoms with E-state index in [1.54, 1.807) is 31.2 Å². The van der Waals surface area contributed by atoms with Gasteiger partial charge < -0.3 is 9.84 Å². The highest BCUT2D eigenvalue weighted by molar-refractivity contribution is 7.89. The zero-order chi connectivity index (χ0) is 14.8. The number of ether oxygens (including phenoxy) is 1. The largest absolute Gasteiger partial charge is 0.386 e. The van der Waals surface area contributed by atoms with Crippen LogP contribution in [-0.4, -0.2) is 38.4 Å². The topological polar surface area (TPSA) is 75.6 Å². The normalized spacial score (nSPS) is 26.9. The lowest BCUT2D eigenvalue weighted by Gasteiger charge is -2.26. The Morgan fingerprint density at radius 1 is 1.40 bits per heavy atom. The van der Waals surface area contributed by atoms with Crippen molar-refractivity contribution in [3.05, 3.63) is 29.8 Å². The Morgan fingerprint density at radius 3 is 2.55 bits per heavy atom. The molecule has 2 atom stereocenters. The third-order valence-corrected chi connectivity index (χ3v) is 5.29. The number of benzene rings is 1. The molecule has 0 spiro atoms. The van der Waals surface area contributed by atoms with Crippen molar-refractivity contribution >= 4 is 10.0 Å². The van der Waals surface area contributed by atoms with Gasteiger partial charge in [-0.25, -0.2) is 13.1 Å². The maximum atomic E-state index is 12.2. The van der Waals surface area contributed by atoms with Crippen LogP contribution in [0.5, 0.6) is 0 Å². The zero-order valence-electron chi connectivity index (χ0n) is 11.8. The fraction of sp³-hybridized carbons (Fsp3) is 0.571. The van der Waals surface area contributed by atoms with E-state index in [9.17, 15) is 13.5 Å². The standard InChI is InChI=1S/C14H21NO4S/c1-3-12-4-6-13(7-5-12)20(17,18)15-10-14(16)8-9-19-11(14)2/h4-7,11,15-16H,3,8-10H2,1-2H3. The number of aryl methyl sites for hydroxylation is 1. The summed E-state index contributed by atoms with van der Waals surface area (Å²) in [6, 6.07) is 6.76. The average molecular weight is 299 g/mol. The van der Waals surface area contributed by atoms with Gasteiger partial charge in [-0.05, 0) is 31.0 Å². The predicted octanol–water partition coefficient (Wildman–Crippen LogP) is 1.07. The van der Waals surface area contributed by atoms with Gasteiger partial charge in [-0.15, -0.1) is 0 Å². The smallest absolute Gasteiger partial charge is 0.240 e. The Bertz CT molecular complexity index is 555. The van der Waals surface area contributed by atoms with Crippen LogP contribution in [0, 0.1) is 0 Å². The molecule has 0 bridgehead atoms. The van der Waals surface area contributed by atoms with E-state index in [4.69, 9.17) is 4.74 Å².